The molecule has 0 aromatic carbocycles. The molecule has 1 atom stereocenters. The fraction of sp³-hybridized carbons (Fsp3) is 1.00. The van der Waals surface area contributed by atoms with Crippen LogP contribution in [-0.2, 0) is 4.74 Å². The Morgan fingerprint density at radius 2 is 2.12 bits per heavy atom. The lowest BCUT2D eigenvalue weighted by Gasteiger charge is -2.23. The zero-order chi connectivity index (χ0) is 12.5. The maximum Gasteiger partial charge on any atom is 0.0791 e. The van der Waals surface area contributed by atoms with Gasteiger partial charge in [-0.1, -0.05) is 12.8 Å². The van der Waals surface area contributed by atoms with Gasteiger partial charge < -0.3 is 20.1 Å². The molecule has 4 heteroatoms. The lowest BCUT2D eigenvalue weighted by Crippen LogP contribution is -2.38. The average molecular weight is 244 g/mol. The van der Waals surface area contributed by atoms with Crippen LogP contribution in [0.5, 0.6) is 0 Å². The fourth-order valence-corrected chi connectivity index (χ4v) is 2.58. The van der Waals surface area contributed by atoms with Crippen molar-refractivity contribution in [2.75, 3.05) is 46.9 Å². The molecule has 1 aliphatic carbocycles. The van der Waals surface area contributed by atoms with Crippen LogP contribution in [0.25, 0.3) is 0 Å². The van der Waals surface area contributed by atoms with Gasteiger partial charge >= 0.3 is 0 Å². The van der Waals surface area contributed by atoms with Gasteiger partial charge in [-0.2, -0.15) is 0 Å². The molecule has 1 unspecified atom stereocenters. The highest BCUT2D eigenvalue weighted by molar-refractivity contribution is 4.72. The zero-order valence-electron chi connectivity index (χ0n) is 11.3. The molecule has 2 N–H and O–H groups in total. The van der Waals surface area contributed by atoms with Crippen molar-refractivity contribution in [2.45, 2.75) is 31.8 Å². The molecule has 0 bridgehead atoms. The minimum absolute atomic E-state index is 0.279. The largest absolute Gasteiger partial charge is 0.390 e. The Morgan fingerprint density at radius 1 is 1.41 bits per heavy atom. The van der Waals surface area contributed by atoms with E-state index < -0.39 is 0 Å². The summed E-state index contributed by atoms with van der Waals surface area (Å²) in [7, 11) is 3.80. The summed E-state index contributed by atoms with van der Waals surface area (Å²) in [6, 6.07) is 0. The lowest BCUT2D eigenvalue weighted by molar-refractivity contribution is 0.113. The second-order valence-electron chi connectivity index (χ2n) is 5.22. The number of likely N-dealkylation sites (N-methyl/N-ethyl adjacent to an activating group) is 1. The molecule has 1 rings (SSSR count). The summed E-state index contributed by atoms with van der Waals surface area (Å²) in [5.74, 6) is 0.855. The van der Waals surface area contributed by atoms with Crippen molar-refractivity contribution < 1.29 is 9.84 Å². The smallest absolute Gasteiger partial charge is 0.0791 e. The van der Waals surface area contributed by atoms with E-state index in [4.69, 9.17) is 4.74 Å². The van der Waals surface area contributed by atoms with E-state index in [9.17, 15) is 5.11 Å². The molecule has 0 amide bonds. The molecule has 1 fully saturated rings. The molecular formula is C13H28N2O2. The van der Waals surface area contributed by atoms with Gasteiger partial charge in [-0.3, -0.25) is 0 Å². The van der Waals surface area contributed by atoms with Crippen molar-refractivity contribution in [3.8, 4) is 0 Å². The SMILES string of the molecule is COCCNCC(O)CN(C)CC1CCCC1. The minimum Gasteiger partial charge on any atom is -0.390 e. The summed E-state index contributed by atoms with van der Waals surface area (Å²) in [5.41, 5.74) is 0. The first-order valence-corrected chi connectivity index (χ1v) is 6.78. The van der Waals surface area contributed by atoms with Gasteiger partial charge in [0.1, 0.15) is 0 Å². The predicted molar refractivity (Wildman–Crippen MR) is 70.2 cm³/mol. The average Bonchev–Trinajstić information content (AvgIpc) is 2.77. The number of hydrogen-bond acceptors (Lipinski definition) is 4. The van der Waals surface area contributed by atoms with Gasteiger partial charge in [0.2, 0.25) is 0 Å². The Hall–Kier alpha value is -0.160. The topological polar surface area (TPSA) is 44.7 Å². The van der Waals surface area contributed by atoms with Gasteiger partial charge in [0, 0.05) is 33.3 Å². The fourth-order valence-electron chi connectivity index (χ4n) is 2.58. The number of aliphatic hydroxyl groups is 1. The van der Waals surface area contributed by atoms with Crippen LogP contribution < -0.4 is 5.32 Å². The van der Waals surface area contributed by atoms with Gasteiger partial charge in [0.05, 0.1) is 12.7 Å². The summed E-state index contributed by atoms with van der Waals surface area (Å²) in [5, 5.41) is 13.0. The molecule has 0 aromatic rings. The maximum atomic E-state index is 9.85. The summed E-state index contributed by atoms with van der Waals surface area (Å²) in [4.78, 5) is 2.26. The van der Waals surface area contributed by atoms with E-state index in [-0.39, 0.29) is 6.10 Å². The normalized spacial score (nSPS) is 19.1. The molecule has 0 heterocycles. The van der Waals surface area contributed by atoms with Crippen molar-refractivity contribution in [1.82, 2.24) is 10.2 Å². The van der Waals surface area contributed by atoms with Gasteiger partial charge in [-0.15, -0.1) is 0 Å². The zero-order valence-corrected chi connectivity index (χ0v) is 11.3. The number of methoxy groups -OCH3 is 1. The van der Waals surface area contributed by atoms with Gasteiger partial charge in [-0.25, -0.2) is 0 Å². The number of nitrogens with one attached hydrogen (secondary N) is 1. The van der Waals surface area contributed by atoms with E-state index in [0.717, 1.165) is 25.6 Å². The lowest BCUT2D eigenvalue weighted by atomic mass is 10.1. The maximum absolute atomic E-state index is 9.85. The molecule has 102 valence electrons. The standard InChI is InChI=1S/C13H28N2O2/c1-15(10-12-5-3-4-6-12)11-13(16)9-14-7-8-17-2/h12-14,16H,3-11H2,1-2H3. The molecule has 4 nitrogen and oxygen atoms in total. The summed E-state index contributed by atoms with van der Waals surface area (Å²) in [6.07, 6.45) is 5.23. The molecule has 0 aromatic heterocycles. The van der Waals surface area contributed by atoms with Crippen molar-refractivity contribution >= 4 is 0 Å². The van der Waals surface area contributed by atoms with Crippen molar-refractivity contribution in [3.63, 3.8) is 0 Å². The molecule has 1 aliphatic rings. The Morgan fingerprint density at radius 3 is 2.76 bits per heavy atom. The Bertz CT molecular complexity index is 184. The number of hydrogen-bond donors (Lipinski definition) is 2. The monoisotopic (exact) mass is 244 g/mol. The van der Waals surface area contributed by atoms with Crippen LogP contribution in [0.2, 0.25) is 0 Å². The minimum atomic E-state index is -0.279. The number of nitrogens with zero attached hydrogens (tertiary/aromatic N) is 1. The quantitative estimate of drug-likeness (QED) is 0.586. The Balaban J connectivity index is 2.01. The van der Waals surface area contributed by atoms with Crippen LogP contribution in [0, 0.1) is 5.92 Å². The van der Waals surface area contributed by atoms with Crippen molar-refractivity contribution in [2.24, 2.45) is 5.92 Å². The predicted octanol–water partition coefficient (Wildman–Crippen LogP) is 0.705. The highest BCUT2D eigenvalue weighted by atomic mass is 16.5. The molecule has 17 heavy (non-hydrogen) atoms. The van der Waals surface area contributed by atoms with E-state index in [2.05, 4.69) is 17.3 Å². The van der Waals surface area contributed by atoms with Crippen LogP contribution in [0.15, 0.2) is 0 Å². The molecular weight excluding hydrogens is 216 g/mol. The second-order valence-corrected chi connectivity index (χ2v) is 5.22. The highest BCUT2D eigenvalue weighted by Gasteiger charge is 2.17. The third kappa shape index (κ3) is 6.99. The van der Waals surface area contributed by atoms with Gasteiger partial charge in [0.15, 0.2) is 0 Å². The Kier molecular flexibility index (Phi) is 7.77. The first-order chi connectivity index (χ1) is 8.22. The van der Waals surface area contributed by atoms with E-state index in [1.807, 2.05) is 0 Å². The van der Waals surface area contributed by atoms with E-state index in [0.29, 0.717) is 13.2 Å². The second kappa shape index (κ2) is 8.86. The molecule has 0 saturated heterocycles. The van der Waals surface area contributed by atoms with Crippen molar-refractivity contribution in [3.05, 3.63) is 0 Å². The number of ether oxygens (including phenoxy) is 1. The summed E-state index contributed by atoms with van der Waals surface area (Å²) >= 11 is 0. The van der Waals surface area contributed by atoms with Crippen LogP contribution in [0.3, 0.4) is 0 Å². The number of aliphatic hydroxyl groups excluding tert-OH is 1. The van der Waals surface area contributed by atoms with Gasteiger partial charge in [-0.05, 0) is 25.8 Å². The van der Waals surface area contributed by atoms with Crippen LogP contribution >= 0.6 is 0 Å². The third-order valence-electron chi connectivity index (χ3n) is 3.43. The first-order valence-electron chi connectivity index (χ1n) is 6.78. The van der Waals surface area contributed by atoms with Crippen LogP contribution in [0.1, 0.15) is 25.7 Å². The number of rotatable bonds is 9. The Labute approximate surface area is 105 Å². The van der Waals surface area contributed by atoms with Gasteiger partial charge in [0.25, 0.3) is 0 Å². The summed E-state index contributed by atoms with van der Waals surface area (Å²) < 4.78 is 4.94. The molecule has 0 aliphatic heterocycles. The van der Waals surface area contributed by atoms with Crippen LogP contribution in [0.4, 0.5) is 0 Å². The molecule has 0 spiro atoms. The summed E-state index contributed by atoms with van der Waals surface area (Å²) in [6.45, 7) is 4.05. The third-order valence-corrected chi connectivity index (χ3v) is 3.43. The highest BCUT2D eigenvalue weighted by Crippen LogP contribution is 2.25. The molecule has 1 saturated carbocycles. The van der Waals surface area contributed by atoms with E-state index >= 15 is 0 Å². The van der Waals surface area contributed by atoms with E-state index in [1.165, 1.54) is 25.7 Å². The van der Waals surface area contributed by atoms with Crippen molar-refractivity contribution in [1.29, 1.82) is 0 Å². The van der Waals surface area contributed by atoms with E-state index in [1.54, 1.807) is 7.11 Å². The first kappa shape index (κ1) is 14.9. The molecule has 0 radical (unpaired) electrons. The van der Waals surface area contributed by atoms with Crippen LogP contribution in [-0.4, -0.2) is 63.1 Å².